The number of amides is 1. The van der Waals surface area contributed by atoms with E-state index < -0.39 is 5.82 Å². The normalized spacial score (nSPS) is 12.1. The number of hydrogen-bond acceptors (Lipinski definition) is 4. The second-order valence-electron chi connectivity index (χ2n) is 5.15. The minimum Gasteiger partial charge on any atom is -0.482 e. The molecule has 0 bridgehead atoms. The number of benzene rings is 2. The van der Waals surface area contributed by atoms with Crippen LogP contribution in [-0.4, -0.2) is 25.9 Å². The highest BCUT2D eigenvalue weighted by Gasteiger charge is 2.13. The Morgan fingerprint density at radius 3 is 2.88 bits per heavy atom. The zero-order chi connectivity index (χ0) is 16.9. The predicted octanol–water partition coefficient (Wildman–Crippen LogP) is 2.95. The molecule has 0 aliphatic carbocycles. The molecule has 126 valence electrons. The molecule has 2 aromatic rings. The molecular formula is C17H15ClFNO4. The first kappa shape index (κ1) is 16.4. The summed E-state index contributed by atoms with van der Waals surface area (Å²) in [5.41, 5.74) is 1.03. The summed E-state index contributed by atoms with van der Waals surface area (Å²) >= 11 is 5.82. The number of rotatable bonds is 6. The van der Waals surface area contributed by atoms with Gasteiger partial charge in [-0.1, -0.05) is 17.7 Å². The van der Waals surface area contributed by atoms with E-state index in [1.165, 1.54) is 12.1 Å². The van der Waals surface area contributed by atoms with Crippen molar-refractivity contribution in [3.8, 4) is 17.2 Å². The monoisotopic (exact) mass is 351 g/mol. The molecule has 0 saturated carbocycles. The third-order valence-electron chi connectivity index (χ3n) is 3.43. The van der Waals surface area contributed by atoms with Gasteiger partial charge in [-0.15, -0.1) is 0 Å². The van der Waals surface area contributed by atoms with Gasteiger partial charge in [0, 0.05) is 6.54 Å². The first-order valence-electron chi connectivity index (χ1n) is 7.35. The van der Waals surface area contributed by atoms with Crippen molar-refractivity contribution in [3.63, 3.8) is 0 Å². The second kappa shape index (κ2) is 7.40. The first-order valence-corrected chi connectivity index (χ1v) is 7.73. The van der Waals surface area contributed by atoms with E-state index in [0.29, 0.717) is 18.7 Å². The Labute approximate surface area is 143 Å². The van der Waals surface area contributed by atoms with Gasteiger partial charge in [0.15, 0.2) is 18.1 Å². The molecule has 3 rings (SSSR count). The Bertz CT molecular complexity index is 753. The molecule has 0 saturated heterocycles. The summed E-state index contributed by atoms with van der Waals surface area (Å²) in [7, 11) is 0. The zero-order valence-corrected chi connectivity index (χ0v) is 13.4. The summed E-state index contributed by atoms with van der Waals surface area (Å²) in [4.78, 5) is 11.8. The fraction of sp³-hybridized carbons (Fsp3) is 0.235. The number of hydrogen-bond donors (Lipinski definition) is 1. The van der Waals surface area contributed by atoms with Gasteiger partial charge in [-0.3, -0.25) is 4.79 Å². The molecule has 1 aliphatic rings. The highest BCUT2D eigenvalue weighted by Crippen LogP contribution is 2.32. The minimum absolute atomic E-state index is 0.128. The number of carbonyl (C=O) groups is 1. The summed E-state index contributed by atoms with van der Waals surface area (Å²) in [5, 5.41) is 2.87. The zero-order valence-electron chi connectivity index (χ0n) is 12.7. The van der Waals surface area contributed by atoms with Crippen LogP contribution in [0.3, 0.4) is 0 Å². The molecule has 5 nitrogen and oxygen atoms in total. The van der Waals surface area contributed by atoms with Crippen LogP contribution in [0, 0.1) is 5.82 Å². The van der Waals surface area contributed by atoms with E-state index in [9.17, 15) is 9.18 Å². The Morgan fingerprint density at radius 1 is 1.21 bits per heavy atom. The second-order valence-corrected chi connectivity index (χ2v) is 5.56. The molecule has 0 unspecified atom stereocenters. The van der Waals surface area contributed by atoms with Crippen molar-refractivity contribution in [1.29, 1.82) is 0 Å². The van der Waals surface area contributed by atoms with Gasteiger partial charge in [0.25, 0.3) is 5.91 Å². The lowest BCUT2D eigenvalue weighted by Gasteiger charge is -2.09. The molecule has 0 radical (unpaired) electrons. The van der Waals surface area contributed by atoms with E-state index in [4.69, 9.17) is 25.8 Å². The number of ether oxygens (including phenoxy) is 3. The van der Waals surface area contributed by atoms with E-state index in [1.54, 1.807) is 0 Å². The van der Waals surface area contributed by atoms with Gasteiger partial charge in [0.2, 0.25) is 6.79 Å². The highest BCUT2D eigenvalue weighted by molar-refractivity contribution is 6.32. The molecule has 24 heavy (non-hydrogen) atoms. The minimum atomic E-state index is -0.458. The quantitative estimate of drug-likeness (QED) is 0.869. The van der Waals surface area contributed by atoms with E-state index in [-0.39, 0.29) is 30.1 Å². The van der Waals surface area contributed by atoms with Crippen LogP contribution in [0.25, 0.3) is 0 Å². The Hall–Kier alpha value is -2.47. The van der Waals surface area contributed by atoms with E-state index in [0.717, 1.165) is 17.4 Å². The maximum Gasteiger partial charge on any atom is 0.257 e. The van der Waals surface area contributed by atoms with Crippen molar-refractivity contribution < 1.29 is 23.4 Å². The maximum absolute atomic E-state index is 12.9. The third kappa shape index (κ3) is 4.08. The Morgan fingerprint density at radius 2 is 2.04 bits per heavy atom. The molecule has 0 spiro atoms. The van der Waals surface area contributed by atoms with Gasteiger partial charge in [0.05, 0.1) is 5.02 Å². The van der Waals surface area contributed by atoms with Crippen molar-refractivity contribution in [2.75, 3.05) is 19.9 Å². The van der Waals surface area contributed by atoms with Crippen LogP contribution in [0.15, 0.2) is 36.4 Å². The van der Waals surface area contributed by atoms with Crippen molar-refractivity contribution in [3.05, 3.63) is 52.8 Å². The summed E-state index contributed by atoms with van der Waals surface area (Å²) in [6.07, 6.45) is 0.652. The van der Waals surface area contributed by atoms with Crippen molar-refractivity contribution in [1.82, 2.24) is 5.32 Å². The number of carbonyl (C=O) groups excluding carboxylic acids is 1. The van der Waals surface area contributed by atoms with E-state index in [2.05, 4.69) is 5.32 Å². The van der Waals surface area contributed by atoms with Gasteiger partial charge in [-0.05, 0) is 42.3 Å². The van der Waals surface area contributed by atoms with Crippen molar-refractivity contribution in [2.24, 2.45) is 0 Å². The Kier molecular flexibility index (Phi) is 5.05. The van der Waals surface area contributed by atoms with Gasteiger partial charge in [-0.25, -0.2) is 4.39 Å². The molecule has 1 N–H and O–H groups in total. The standard InChI is InChI=1S/C17H15ClFNO4/c18-13-8-12(19)2-4-14(13)22-9-17(21)20-6-5-11-1-3-15-16(7-11)24-10-23-15/h1-4,7-8H,5-6,9-10H2,(H,20,21). The predicted molar refractivity (Wildman–Crippen MR) is 86.2 cm³/mol. The van der Waals surface area contributed by atoms with Crippen LogP contribution in [0.1, 0.15) is 5.56 Å². The lowest BCUT2D eigenvalue weighted by molar-refractivity contribution is -0.123. The van der Waals surface area contributed by atoms with Crippen LogP contribution in [-0.2, 0) is 11.2 Å². The molecule has 2 aromatic carbocycles. The molecule has 1 aliphatic heterocycles. The van der Waals surface area contributed by atoms with E-state index >= 15 is 0 Å². The molecule has 0 atom stereocenters. The molecule has 7 heteroatoms. The molecule has 1 amide bonds. The fourth-order valence-electron chi connectivity index (χ4n) is 2.23. The lowest BCUT2D eigenvalue weighted by Crippen LogP contribution is -2.30. The summed E-state index contributed by atoms with van der Waals surface area (Å²) in [6, 6.07) is 9.40. The average Bonchev–Trinajstić information content (AvgIpc) is 3.02. The first-order chi connectivity index (χ1) is 11.6. The smallest absolute Gasteiger partial charge is 0.257 e. The van der Waals surface area contributed by atoms with Gasteiger partial charge >= 0.3 is 0 Å². The van der Waals surface area contributed by atoms with Crippen LogP contribution < -0.4 is 19.5 Å². The molecule has 1 heterocycles. The fourth-order valence-corrected chi connectivity index (χ4v) is 2.45. The lowest BCUT2D eigenvalue weighted by atomic mass is 10.1. The third-order valence-corrected chi connectivity index (χ3v) is 3.72. The summed E-state index contributed by atoms with van der Waals surface area (Å²) in [6.45, 7) is 0.504. The van der Waals surface area contributed by atoms with Gasteiger partial charge < -0.3 is 19.5 Å². The van der Waals surface area contributed by atoms with Crippen LogP contribution in [0.5, 0.6) is 17.2 Å². The van der Waals surface area contributed by atoms with Crippen LogP contribution in [0.4, 0.5) is 4.39 Å². The molecule has 0 fully saturated rings. The number of halogens is 2. The van der Waals surface area contributed by atoms with Crippen LogP contribution in [0.2, 0.25) is 5.02 Å². The topological polar surface area (TPSA) is 56.8 Å². The molecule has 0 aromatic heterocycles. The number of nitrogens with one attached hydrogen (secondary N) is 1. The Balaban J connectivity index is 1.42. The van der Waals surface area contributed by atoms with Crippen LogP contribution >= 0.6 is 11.6 Å². The average molecular weight is 352 g/mol. The van der Waals surface area contributed by atoms with Gasteiger partial charge in [0.1, 0.15) is 11.6 Å². The van der Waals surface area contributed by atoms with E-state index in [1.807, 2.05) is 18.2 Å². The van der Waals surface area contributed by atoms with Crippen molar-refractivity contribution >= 4 is 17.5 Å². The summed E-state index contributed by atoms with van der Waals surface area (Å²) in [5.74, 6) is 0.973. The maximum atomic E-state index is 12.9. The largest absolute Gasteiger partial charge is 0.482 e. The van der Waals surface area contributed by atoms with Crippen molar-refractivity contribution in [2.45, 2.75) is 6.42 Å². The SMILES string of the molecule is O=C(COc1ccc(F)cc1Cl)NCCc1ccc2c(c1)OCO2. The number of fused-ring (bicyclic) bond motifs is 1. The summed E-state index contributed by atoms with van der Waals surface area (Å²) < 4.78 is 28.7. The highest BCUT2D eigenvalue weighted by atomic mass is 35.5. The molecular weight excluding hydrogens is 337 g/mol. The van der Waals surface area contributed by atoms with Gasteiger partial charge in [-0.2, -0.15) is 0 Å².